The van der Waals surface area contributed by atoms with E-state index >= 15 is 0 Å². The third-order valence-electron chi connectivity index (χ3n) is 15.7. The third kappa shape index (κ3) is 15.0. The SMILES string of the molecule is CN(CCOc1ccc2c(c1)CCC1C2CC[C@]2(C)[C@@H](OCCCOC(C(F)(F)F)(C(F)(F)F)C(F)(F)F)CC[C@@H]12)CCC(C)(C)SSCCCCCCNC(=O)CCc1cn([C@H]2C[C@H](O)[C@@H](CO)O2)c(=O)[nH]c1=O. The fourth-order valence-corrected chi connectivity index (χ4v) is 14.1. The number of aryl methyl sites for hydroxylation is 2. The Morgan fingerprint density at radius 2 is 1.67 bits per heavy atom. The average Bonchev–Trinajstić information content (AvgIpc) is 3.87. The first kappa shape index (κ1) is 61.2. The number of rotatable bonds is 27. The molecule has 24 heteroatoms. The summed E-state index contributed by atoms with van der Waals surface area (Å²) in [5.74, 6) is 2.61. The number of likely N-dealkylation sites (N-methyl/N-ethyl adjacent to an activating group) is 1. The lowest BCUT2D eigenvalue weighted by Gasteiger charge is -2.50. The maximum atomic E-state index is 13.3. The highest BCUT2D eigenvalue weighted by Crippen LogP contribution is 2.62. The van der Waals surface area contributed by atoms with Crippen LogP contribution >= 0.6 is 21.6 Å². The van der Waals surface area contributed by atoms with E-state index in [-0.39, 0.29) is 59.5 Å². The van der Waals surface area contributed by atoms with Crippen molar-refractivity contribution in [1.29, 1.82) is 0 Å². The summed E-state index contributed by atoms with van der Waals surface area (Å²) < 4.78 is 142. The van der Waals surface area contributed by atoms with Gasteiger partial charge in [-0.1, -0.05) is 47.4 Å². The Labute approximate surface area is 439 Å². The van der Waals surface area contributed by atoms with Crippen molar-refractivity contribution in [2.45, 2.75) is 176 Å². The van der Waals surface area contributed by atoms with Crippen LogP contribution in [0.3, 0.4) is 0 Å². The van der Waals surface area contributed by atoms with Crippen LogP contribution in [0.25, 0.3) is 0 Å². The third-order valence-corrected chi connectivity index (χ3v) is 19.1. The second-order valence-electron chi connectivity index (χ2n) is 21.4. The van der Waals surface area contributed by atoms with Crippen LogP contribution in [-0.2, 0) is 31.8 Å². The molecule has 2 unspecified atom stereocenters. The van der Waals surface area contributed by atoms with Gasteiger partial charge in [0.1, 0.15) is 24.7 Å². The largest absolute Gasteiger partial charge is 0.492 e. The molecule has 0 radical (unpaired) electrons. The number of nitrogens with one attached hydrogen (secondary N) is 2. The van der Waals surface area contributed by atoms with Crippen LogP contribution in [0.2, 0.25) is 0 Å². The Balaban J connectivity index is 0.813. The van der Waals surface area contributed by atoms with E-state index in [4.69, 9.17) is 14.2 Å². The molecule has 1 saturated heterocycles. The van der Waals surface area contributed by atoms with Crippen LogP contribution in [0.5, 0.6) is 5.75 Å². The zero-order valence-corrected chi connectivity index (χ0v) is 44.6. The Morgan fingerprint density at radius 3 is 2.36 bits per heavy atom. The minimum Gasteiger partial charge on any atom is -0.492 e. The molecule has 426 valence electrons. The van der Waals surface area contributed by atoms with Crippen molar-refractivity contribution in [2.24, 2.45) is 17.3 Å². The number of carbonyl (C=O) groups excluding carboxylic acids is 1. The smallest absolute Gasteiger partial charge is 0.435 e. The number of halogens is 9. The van der Waals surface area contributed by atoms with E-state index in [1.54, 1.807) is 0 Å². The average molecular weight is 1120 g/mol. The van der Waals surface area contributed by atoms with E-state index < -0.39 is 73.4 Å². The highest BCUT2D eigenvalue weighted by atomic mass is 33.1. The molecular formula is C51H73F9N4O9S2. The Morgan fingerprint density at radius 1 is 0.947 bits per heavy atom. The summed E-state index contributed by atoms with van der Waals surface area (Å²) >= 11 is 0. The standard InChI is InChI=1S/C51H73F9N4O9S2/c1-46(2,75-74-27-8-6-5-7-21-61-42(67)17-11-33-30-64(45(69)62-44(33)68)43-29-39(66)40(31-65)73-43)20-22-63(4)23-26-70-34-12-14-35-32(28-34)10-13-37-36(35)18-19-47(3)38(37)15-16-41(47)71-24-9-25-72-48(49(52,53)54,50(55,56)57)51(58,59)60/h12,14,28,30,36-41,43,65-66H,5-11,13,15-27,29,31H2,1-4H3,(H,61,67)(H,62,68,69)/t36?,37?,38-,39-,40+,41-,43+,47-/m0/s1. The maximum Gasteiger partial charge on any atom is 0.435 e. The number of aromatic amines is 1. The van der Waals surface area contributed by atoms with Gasteiger partial charge < -0.3 is 39.4 Å². The van der Waals surface area contributed by atoms with Gasteiger partial charge in [-0.2, -0.15) is 39.5 Å². The molecular weight excluding hydrogens is 1050 g/mol. The molecule has 3 aliphatic carbocycles. The van der Waals surface area contributed by atoms with Crippen molar-refractivity contribution in [3.63, 3.8) is 0 Å². The molecule has 0 spiro atoms. The van der Waals surface area contributed by atoms with Crippen molar-refractivity contribution >= 4 is 27.5 Å². The number of aromatic nitrogens is 2. The van der Waals surface area contributed by atoms with Gasteiger partial charge in [0.2, 0.25) is 5.91 Å². The van der Waals surface area contributed by atoms with Crippen molar-refractivity contribution in [2.75, 3.05) is 58.9 Å². The molecule has 1 aromatic heterocycles. The highest BCUT2D eigenvalue weighted by Gasteiger charge is 2.85. The lowest BCUT2D eigenvalue weighted by atomic mass is 9.55. The summed E-state index contributed by atoms with van der Waals surface area (Å²) in [6.07, 6.45) is -12.3. The van der Waals surface area contributed by atoms with Crippen molar-refractivity contribution in [1.82, 2.24) is 19.8 Å². The molecule has 75 heavy (non-hydrogen) atoms. The molecule has 1 amide bonds. The highest BCUT2D eigenvalue weighted by molar-refractivity contribution is 8.77. The molecule has 1 aromatic carbocycles. The van der Waals surface area contributed by atoms with E-state index in [9.17, 15) is 64.1 Å². The number of aliphatic hydroxyl groups excluding tert-OH is 2. The first-order valence-corrected chi connectivity index (χ1v) is 28.3. The zero-order valence-electron chi connectivity index (χ0n) is 43.0. The van der Waals surface area contributed by atoms with Gasteiger partial charge in [0.05, 0.1) is 25.4 Å². The number of amides is 1. The lowest BCUT2D eigenvalue weighted by Crippen LogP contribution is -2.67. The van der Waals surface area contributed by atoms with Crippen LogP contribution in [0.15, 0.2) is 34.0 Å². The van der Waals surface area contributed by atoms with E-state index in [0.29, 0.717) is 31.4 Å². The van der Waals surface area contributed by atoms with Gasteiger partial charge in [0.15, 0.2) is 0 Å². The predicted molar refractivity (Wildman–Crippen MR) is 267 cm³/mol. The first-order valence-electron chi connectivity index (χ1n) is 26.0. The van der Waals surface area contributed by atoms with E-state index in [1.165, 1.54) is 21.9 Å². The number of hydrogen-bond donors (Lipinski definition) is 4. The Kier molecular flexibility index (Phi) is 21.1. The number of unbranched alkanes of at least 4 members (excludes halogenated alkanes) is 3. The van der Waals surface area contributed by atoms with Crippen LogP contribution < -0.4 is 21.3 Å². The number of alkyl halides is 9. The fraction of sp³-hybridized carbons (Fsp3) is 0.784. The van der Waals surface area contributed by atoms with Crippen molar-refractivity contribution < 1.29 is 73.5 Å². The Bertz CT molecular complexity index is 2270. The minimum absolute atomic E-state index is 0.0681. The van der Waals surface area contributed by atoms with Gasteiger partial charge in [-0.25, -0.2) is 4.79 Å². The van der Waals surface area contributed by atoms with Crippen molar-refractivity contribution in [3.05, 3.63) is 61.9 Å². The summed E-state index contributed by atoms with van der Waals surface area (Å²) in [5.41, 5.74) is -5.03. The van der Waals surface area contributed by atoms with E-state index in [0.717, 1.165) is 88.8 Å². The molecule has 3 fully saturated rings. The van der Waals surface area contributed by atoms with Crippen LogP contribution in [0, 0.1) is 17.3 Å². The molecule has 2 saturated carbocycles. The fourth-order valence-electron chi connectivity index (χ4n) is 11.4. The Hall–Kier alpha value is -3.00. The number of fused-ring (bicyclic) bond motifs is 5. The summed E-state index contributed by atoms with van der Waals surface area (Å²) in [5, 5.41) is 22.3. The van der Waals surface area contributed by atoms with E-state index in [2.05, 4.69) is 59.9 Å². The number of aliphatic hydroxyl groups is 2. The second kappa shape index (κ2) is 25.9. The van der Waals surface area contributed by atoms with Gasteiger partial charge in [0.25, 0.3) is 5.56 Å². The molecule has 2 heterocycles. The van der Waals surface area contributed by atoms with Crippen LogP contribution in [-0.4, -0.2) is 137 Å². The summed E-state index contributed by atoms with van der Waals surface area (Å²) in [6.45, 7) is 7.17. The number of ether oxygens (including phenoxy) is 4. The van der Waals surface area contributed by atoms with Crippen LogP contribution in [0.1, 0.15) is 133 Å². The molecule has 13 nitrogen and oxygen atoms in total. The monoisotopic (exact) mass is 1120 g/mol. The van der Waals surface area contributed by atoms with Gasteiger partial charge in [0, 0.05) is 54.8 Å². The molecule has 6 rings (SSSR count). The molecule has 1 aliphatic heterocycles. The molecule has 0 bridgehead atoms. The topological polar surface area (TPSA) is 165 Å². The summed E-state index contributed by atoms with van der Waals surface area (Å²) in [7, 11) is 5.86. The predicted octanol–water partition coefficient (Wildman–Crippen LogP) is 9.42. The van der Waals surface area contributed by atoms with Gasteiger partial charge in [-0.05, 0) is 144 Å². The maximum absolute atomic E-state index is 13.3. The lowest BCUT2D eigenvalue weighted by molar-refractivity contribution is -0.457. The quantitative estimate of drug-likeness (QED) is 0.0381. The first-order chi connectivity index (χ1) is 35.2. The van der Waals surface area contributed by atoms with Gasteiger partial charge in [-0.3, -0.25) is 19.1 Å². The van der Waals surface area contributed by atoms with Crippen molar-refractivity contribution in [3.8, 4) is 5.75 Å². The van der Waals surface area contributed by atoms with Crippen LogP contribution in [0.4, 0.5) is 39.5 Å². The molecule has 2 aromatic rings. The molecule has 8 atom stereocenters. The number of hydrogen-bond acceptors (Lipinski definition) is 12. The molecule has 4 N–H and O–H groups in total. The van der Waals surface area contributed by atoms with Gasteiger partial charge >= 0.3 is 29.8 Å². The van der Waals surface area contributed by atoms with Gasteiger partial charge in [-0.15, -0.1) is 0 Å². The second-order valence-corrected chi connectivity index (χ2v) is 24.5. The minimum atomic E-state index is -6.76. The normalized spacial score (nSPS) is 25.3. The number of carbonyl (C=O) groups is 1. The summed E-state index contributed by atoms with van der Waals surface area (Å²) in [6, 6.07) is 6.33. The van der Waals surface area contributed by atoms with E-state index in [1.807, 2.05) is 27.7 Å². The number of nitrogens with zero attached hydrogens (tertiary/aromatic N) is 2. The molecule has 4 aliphatic rings. The number of H-pyrrole nitrogens is 1. The number of benzene rings is 1. The summed E-state index contributed by atoms with van der Waals surface area (Å²) in [4.78, 5) is 41.7. The zero-order chi connectivity index (χ0) is 55.0.